The van der Waals surface area contributed by atoms with Crippen LogP contribution < -0.4 is 10.1 Å². The monoisotopic (exact) mass is 438 g/mol. The molecule has 1 amide bonds. The Hall–Kier alpha value is -1.68. The number of hydrogen-bond acceptors (Lipinski definition) is 6. The quantitative estimate of drug-likeness (QED) is 0.619. The summed E-state index contributed by atoms with van der Waals surface area (Å²) in [6.45, 7) is 7.93. The van der Waals surface area contributed by atoms with Crippen LogP contribution in [0.1, 0.15) is 26.2 Å². The standard InChI is InChI=1S/C21H34N4O4S/c1-2-29-19-6-8-20(9-7-19)30(27,28)25(17-16-23-12-4-3-5-13-23)18-21(26)24-14-10-22-11-15-24/h6-9,22H,2-5,10-18H2,1H3. The second kappa shape index (κ2) is 11.1. The molecule has 0 aliphatic carbocycles. The molecule has 2 heterocycles. The van der Waals surface area contributed by atoms with Gasteiger partial charge in [0, 0.05) is 39.3 Å². The Morgan fingerprint density at radius 3 is 2.37 bits per heavy atom. The van der Waals surface area contributed by atoms with Crippen LogP contribution in [0.2, 0.25) is 0 Å². The number of rotatable bonds is 9. The van der Waals surface area contributed by atoms with Crippen LogP contribution in [0.3, 0.4) is 0 Å². The second-order valence-electron chi connectivity index (χ2n) is 7.78. The van der Waals surface area contributed by atoms with E-state index in [-0.39, 0.29) is 17.3 Å². The van der Waals surface area contributed by atoms with E-state index in [9.17, 15) is 13.2 Å². The number of benzene rings is 1. The predicted molar refractivity (Wildman–Crippen MR) is 116 cm³/mol. The minimum absolute atomic E-state index is 0.122. The molecule has 2 fully saturated rings. The second-order valence-corrected chi connectivity index (χ2v) is 9.71. The van der Waals surface area contributed by atoms with E-state index in [1.165, 1.54) is 10.7 Å². The smallest absolute Gasteiger partial charge is 0.243 e. The fourth-order valence-electron chi connectivity index (χ4n) is 3.91. The predicted octanol–water partition coefficient (Wildman–Crippen LogP) is 0.994. The number of nitrogens with zero attached hydrogens (tertiary/aromatic N) is 3. The van der Waals surface area contributed by atoms with Crippen molar-refractivity contribution in [2.24, 2.45) is 0 Å². The van der Waals surface area contributed by atoms with Gasteiger partial charge in [0.2, 0.25) is 15.9 Å². The average molecular weight is 439 g/mol. The molecule has 0 unspecified atom stereocenters. The van der Waals surface area contributed by atoms with Crippen LogP contribution in [0.5, 0.6) is 5.75 Å². The van der Waals surface area contributed by atoms with Crippen molar-refractivity contribution in [3.63, 3.8) is 0 Å². The maximum absolute atomic E-state index is 13.4. The summed E-state index contributed by atoms with van der Waals surface area (Å²) in [5.74, 6) is 0.498. The van der Waals surface area contributed by atoms with Crippen molar-refractivity contribution in [1.82, 2.24) is 19.4 Å². The Bertz CT molecular complexity index is 773. The van der Waals surface area contributed by atoms with Gasteiger partial charge >= 0.3 is 0 Å². The molecular weight excluding hydrogens is 404 g/mol. The molecule has 0 bridgehead atoms. The summed E-state index contributed by atoms with van der Waals surface area (Å²) in [5.41, 5.74) is 0. The highest BCUT2D eigenvalue weighted by molar-refractivity contribution is 7.89. The van der Waals surface area contributed by atoms with E-state index in [1.54, 1.807) is 29.2 Å². The Kier molecular flexibility index (Phi) is 8.50. The maximum Gasteiger partial charge on any atom is 0.243 e. The number of sulfonamides is 1. The molecule has 0 saturated carbocycles. The number of ether oxygens (including phenoxy) is 1. The number of likely N-dealkylation sites (tertiary alicyclic amines) is 1. The van der Waals surface area contributed by atoms with Crippen molar-refractivity contribution >= 4 is 15.9 Å². The molecule has 2 aliphatic heterocycles. The number of carbonyl (C=O) groups excluding carboxylic acids is 1. The number of hydrogen-bond donors (Lipinski definition) is 1. The van der Waals surface area contributed by atoms with Crippen LogP contribution in [0.25, 0.3) is 0 Å². The van der Waals surface area contributed by atoms with Crippen molar-refractivity contribution < 1.29 is 17.9 Å². The van der Waals surface area contributed by atoms with Crippen LogP contribution in [0, 0.1) is 0 Å². The van der Waals surface area contributed by atoms with Gasteiger partial charge in [-0.2, -0.15) is 4.31 Å². The molecule has 0 aromatic heterocycles. The topological polar surface area (TPSA) is 82.2 Å². The van der Waals surface area contributed by atoms with Crippen LogP contribution in [0.15, 0.2) is 29.2 Å². The Labute approximate surface area is 180 Å². The number of amides is 1. The van der Waals surface area contributed by atoms with E-state index in [2.05, 4.69) is 10.2 Å². The lowest BCUT2D eigenvalue weighted by molar-refractivity contribution is -0.132. The van der Waals surface area contributed by atoms with Crippen LogP contribution >= 0.6 is 0 Å². The lowest BCUT2D eigenvalue weighted by Crippen LogP contribution is -2.51. The fourth-order valence-corrected chi connectivity index (χ4v) is 5.29. The lowest BCUT2D eigenvalue weighted by Gasteiger charge is -2.32. The summed E-state index contributed by atoms with van der Waals surface area (Å²) in [6.07, 6.45) is 3.52. The highest BCUT2D eigenvalue weighted by Crippen LogP contribution is 2.20. The van der Waals surface area contributed by atoms with Crippen molar-refractivity contribution in [2.75, 3.05) is 65.5 Å². The van der Waals surface area contributed by atoms with Crippen molar-refractivity contribution in [3.05, 3.63) is 24.3 Å². The van der Waals surface area contributed by atoms with Gasteiger partial charge in [0.1, 0.15) is 5.75 Å². The number of piperazine rings is 1. The van der Waals surface area contributed by atoms with Crippen molar-refractivity contribution in [3.8, 4) is 5.75 Å². The van der Waals surface area contributed by atoms with Gasteiger partial charge in [0.15, 0.2) is 0 Å². The van der Waals surface area contributed by atoms with Gasteiger partial charge in [-0.3, -0.25) is 4.79 Å². The minimum atomic E-state index is -3.78. The first-order valence-electron chi connectivity index (χ1n) is 10.9. The third-order valence-electron chi connectivity index (χ3n) is 5.67. The molecule has 30 heavy (non-hydrogen) atoms. The van der Waals surface area contributed by atoms with Gasteiger partial charge in [-0.25, -0.2) is 8.42 Å². The first-order valence-corrected chi connectivity index (χ1v) is 12.4. The normalized spacial score (nSPS) is 18.5. The van der Waals surface area contributed by atoms with Gasteiger partial charge in [-0.05, 0) is 57.1 Å². The number of carbonyl (C=O) groups is 1. The molecule has 1 N–H and O–H groups in total. The van der Waals surface area contributed by atoms with E-state index in [4.69, 9.17) is 4.74 Å². The van der Waals surface area contributed by atoms with Gasteiger partial charge < -0.3 is 19.9 Å². The summed E-state index contributed by atoms with van der Waals surface area (Å²) in [5, 5.41) is 3.22. The molecule has 8 nitrogen and oxygen atoms in total. The summed E-state index contributed by atoms with van der Waals surface area (Å²) in [7, 11) is -3.78. The van der Waals surface area contributed by atoms with Crippen molar-refractivity contribution in [1.29, 1.82) is 0 Å². The van der Waals surface area contributed by atoms with E-state index in [1.807, 2.05) is 6.92 Å². The fraction of sp³-hybridized carbons (Fsp3) is 0.667. The van der Waals surface area contributed by atoms with Gasteiger partial charge in [-0.1, -0.05) is 6.42 Å². The molecule has 1 aromatic rings. The molecule has 1 aromatic carbocycles. The van der Waals surface area contributed by atoms with Gasteiger partial charge in [0.05, 0.1) is 18.0 Å². The van der Waals surface area contributed by atoms with Crippen LogP contribution in [-0.2, 0) is 14.8 Å². The summed E-state index contributed by atoms with van der Waals surface area (Å²) >= 11 is 0. The molecule has 2 saturated heterocycles. The summed E-state index contributed by atoms with van der Waals surface area (Å²) in [6, 6.07) is 6.45. The first-order chi connectivity index (χ1) is 14.5. The Balaban J connectivity index is 1.74. The highest BCUT2D eigenvalue weighted by Gasteiger charge is 2.29. The average Bonchev–Trinajstić information content (AvgIpc) is 2.78. The number of nitrogens with one attached hydrogen (secondary N) is 1. The SMILES string of the molecule is CCOc1ccc(S(=O)(=O)N(CCN2CCCCC2)CC(=O)N2CCNCC2)cc1. The number of piperidine rings is 1. The van der Waals surface area contributed by atoms with Gasteiger partial charge in [-0.15, -0.1) is 0 Å². The highest BCUT2D eigenvalue weighted by atomic mass is 32.2. The van der Waals surface area contributed by atoms with Crippen LogP contribution in [0.4, 0.5) is 0 Å². The molecule has 0 atom stereocenters. The largest absolute Gasteiger partial charge is 0.494 e. The van der Waals surface area contributed by atoms with Crippen LogP contribution in [-0.4, -0.2) is 93.9 Å². The van der Waals surface area contributed by atoms with Crippen molar-refractivity contribution in [2.45, 2.75) is 31.1 Å². The molecule has 168 valence electrons. The van der Waals surface area contributed by atoms with E-state index < -0.39 is 10.0 Å². The zero-order valence-electron chi connectivity index (χ0n) is 17.9. The molecule has 9 heteroatoms. The molecule has 0 radical (unpaired) electrons. The third kappa shape index (κ3) is 6.16. The molecule has 2 aliphatic rings. The van der Waals surface area contributed by atoms with E-state index >= 15 is 0 Å². The van der Waals surface area contributed by atoms with Gasteiger partial charge in [0.25, 0.3) is 0 Å². The lowest BCUT2D eigenvalue weighted by atomic mass is 10.1. The summed E-state index contributed by atoms with van der Waals surface area (Å²) in [4.78, 5) is 17.1. The Morgan fingerprint density at radius 1 is 1.07 bits per heavy atom. The third-order valence-corrected chi connectivity index (χ3v) is 7.53. The maximum atomic E-state index is 13.4. The molecule has 0 spiro atoms. The summed E-state index contributed by atoms with van der Waals surface area (Å²) < 4.78 is 33.5. The van der Waals surface area contributed by atoms with E-state index in [0.29, 0.717) is 38.5 Å². The Morgan fingerprint density at radius 2 is 1.73 bits per heavy atom. The zero-order valence-corrected chi connectivity index (χ0v) is 18.7. The van der Waals surface area contributed by atoms with E-state index in [0.717, 1.165) is 39.0 Å². The minimum Gasteiger partial charge on any atom is -0.494 e. The molecule has 3 rings (SSSR count). The first kappa shape index (κ1) is 23.0. The zero-order chi connectivity index (χ0) is 21.4. The molecular formula is C21H34N4O4S.